The molecular weight excluding hydrogens is 547 g/mol. The molecule has 224 valence electrons. The first-order valence-electron chi connectivity index (χ1n) is 14.2. The smallest absolute Gasteiger partial charge is 0.406 e. The monoisotopic (exact) mass is 584 g/mol. The quantitative estimate of drug-likeness (QED) is 0.283. The third-order valence-electron chi connectivity index (χ3n) is 8.24. The number of morpholine rings is 1. The number of fused-ring (bicyclic) bond motifs is 1. The second-order valence-electron chi connectivity index (χ2n) is 10.9. The van der Waals surface area contributed by atoms with E-state index in [4.69, 9.17) is 9.47 Å². The van der Waals surface area contributed by atoms with Gasteiger partial charge in [0.2, 0.25) is 0 Å². The Morgan fingerprint density at radius 3 is 2.55 bits per heavy atom. The predicted octanol–water partition coefficient (Wildman–Crippen LogP) is 4.46. The molecule has 1 spiro atoms. The number of quaternary nitrogens is 1. The Hall–Kier alpha value is -3.88. The van der Waals surface area contributed by atoms with Crippen molar-refractivity contribution >= 4 is 28.2 Å². The summed E-state index contributed by atoms with van der Waals surface area (Å²) in [6, 6.07) is 12.4. The summed E-state index contributed by atoms with van der Waals surface area (Å²) in [6.45, 7) is 4.91. The number of rotatable bonds is 7. The van der Waals surface area contributed by atoms with Crippen molar-refractivity contribution in [1.82, 2.24) is 9.88 Å². The molecule has 3 heterocycles. The zero-order valence-corrected chi connectivity index (χ0v) is 23.9. The Balaban J connectivity index is 1.34. The first-order chi connectivity index (χ1) is 20.2. The van der Waals surface area contributed by atoms with Crippen LogP contribution in [0, 0.1) is 11.8 Å². The molecule has 0 bridgehead atoms. The van der Waals surface area contributed by atoms with E-state index in [0.29, 0.717) is 28.2 Å². The Morgan fingerprint density at radius 2 is 1.86 bits per heavy atom. The van der Waals surface area contributed by atoms with Gasteiger partial charge < -0.3 is 34.5 Å². The minimum Gasteiger partial charge on any atom is -0.495 e. The van der Waals surface area contributed by atoms with Crippen molar-refractivity contribution in [2.24, 2.45) is 0 Å². The van der Waals surface area contributed by atoms with Gasteiger partial charge in [0, 0.05) is 42.6 Å². The number of amides is 1. The van der Waals surface area contributed by atoms with E-state index < -0.39 is 12.7 Å². The SMILES string of the molecule is CNC(=O)c1ccc(NCC#Cc2cc3c(NC4CC[N+]5(CCOCC5)CC4)cccc3n2CC(F)(F)F)c(OC)c1. The number of halogens is 3. The fourth-order valence-corrected chi connectivity index (χ4v) is 5.92. The topological polar surface area (TPSA) is 76.5 Å². The molecule has 2 aromatic carbocycles. The van der Waals surface area contributed by atoms with Crippen LogP contribution < -0.4 is 20.7 Å². The largest absolute Gasteiger partial charge is 0.495 e. The molecule has 1 amide bonds. The van der Waals surface area contributed by atoms with Crippen LogP contribution in [-0.2, 0) is 11.3 Å². The maximum absolute atomic E-state index is 13.6. The third kappa shape index (κ3) is 6.77. The van der Waals surface area contributed by atoms with Crippen LogP contribution >= 0.6 is 0 Å². The lowest BCUT2D eigenvalue weighted by molar-refractivity contribution is -0.939. The van der Waals surface area contributed by atoms with Gasteiger partial charge in [-0.1, -0.05) is 12.0 Å². The average molecular weight is 585 g/mol. The molecule has 11 heteroatoms. The van der Waals surface area contributed by atoms with Crippen LogP contribution in [0.1, 0.15) is 28.9 Å². The van der Waals surface area contributed by atoms with E-state index in [1.165, 1.54) is 11.7 Å². The van der Waals surface area contributed by atoms with E-state index >= 15 is 0 Å². The van der Waals surface area contributed by atoms with Crippen LogP contribution in [0.25, 0.3) is 10.9 Å². The van der Waals surface area contributed by atoms with E-state index in [1.54, 1.807) is 43.4 Å². The molecule has 2 saturated heterocycles. The fourth-order valence-electron chi connectivity index (χ4n) is 5.92. The van der Waals surface area contributed by atoms with Crippen molar-refractivity contribution < 1.29 is 31.9 Å². The van der Waals surface area contributed by atoms with Gasteiger partial charge in [-0.15, -0.1) is 0 Å². The van der Waals surface area contributed by atoms with E-state index in [-0.39, 0.29) is 18.5 Å². The summed E-state index contributed by atoms with van der Waals surface area (Å²) in [5.74, 6) is 6.12. The second-order valence-corrected chi connectivity index (χ2v) is 10.9. The van der Waals surface area contributed by atoms with Crippen molar-refractivity contribution in [3.63, 3.8) is 0 Å². The molecule has 0 aliphatic carbocycles. The number of ether oxygens (including phenoxy) is 2. The van der Waals surface area contributed by atoms with Crippen LogP contribution in [0.3, 0.4) is 0 Å². The average Bonchev–Trinajstić information content (AvgIpc) is 3.33. The van der Waals surface area contributed by atoms with Gasteiger partial charge in [0.25, 0.3) is 5.91 Å². The van der Waals surface area contributed by atoms with Gasteiger partial charge in [-0.25, -0.2) is 0 Å². The maximum Gasteiger partial charge on any atom is 0.406 e. The molecule has 0 radical (unpaired) electrons. The summed E-state index contributed by atoms with van der Waals surface area (Å²) in [7, 11) is 3.04. The van der Waals surface area contributed by atoms with Crippen LogP contribution in [0.2, 0.25) is 0 Å². The summed E-state index contributed by atoms with van der Waals surface area (Å²) in [5, 5.41) is 10.0. The fraction of sp³-hybridized carbons (Fsp3) is 0.452. The highest BCUT2D eigenvalue weighted by molar-refractivity contribution is 5.95. The van der Waals surface area contributed by atoms with Crippen molar-refractivity contribution in [2.45, 2.75) is 31.6 Å². The zero-order valence-electron chi connectivity index (χ0n) is 23.9. The van der Waals surface area contributed by atoms with Gasteiger partial charge in [-0.3, -0.25) is 4.79 Å². The highest BCUT2D eigenvalue weighted by Crippen LogP contribution is 2.32. The maximum atomic E-state index is 13.6. The lowest BCUT2D eigenvalue weighted by Gasteiger charge is -2.46. The number of hydrogen-bond acceptors (Lipinski definition) is 5. The molecule has 42 heavy (non-hydrogen) atoms. The molecule has 3 N–H and O–H groups in total. The lowest BCUT2D eigenvalue weighted by atomic mass is 10.0. The van der Waals surface area contributed by atoms with Gasteiger partial charge in [0.05, 0.1) is 56.9 Å². The number of alkyl halides is 3. The number of aromatic nitrogens is 1. The molecule has 2 fully saturated rings. The second kappa shape index (κ2) is 12.5. The number of nitrogens with zero attached hydrogens (tertiary/aromatic N) is 2. The van der Waals surface area contributed by atoms with Crippen molar-refractivity contribution in [2.75, 3.05) is 70.7 Å². The molecule has 1 aromatic heterocycles. The Morgan fingerprint density at radius 1 is 1.10 bits per heavy atom. The van der Waals surface area contributed by atoms with E-state index in [9.17, 15) is 18.0 Å². The molecule has 3 aromatic rings. The minimum atomic E-state index is -4.40. The molecular formula is C31H37F3N5O3+. The Kier molecular flexibility index (Phi) is 8.85. The summed E-state index contributed by atoms with van der Waals surface area (Å²) in [6.07, 6.45) is -2.39. The first kappa shape index (κ1) is 29.6. The van der Waals surface area contributed by atoms with Gasteiger partial charge >= 0.3 is 6.18 Å². The number of nitrogens with one attached hydrogen (secondary N) is 3. The third-order valence-corrected chi connectivity index (χ3v) is 8.24. The van der Waals surface area contributed by atoms with E-state index in [0.717, 1.165) is 67.8 Å². The van der Waals surface area contributed by atoms with Crippen LogP contribution in [0.5, 0.6) is 5.75 Å². The van der Waals surface area contributed by atoms with Gasteiger partial charge in [0.15, 0.2) is 0 Å². The standard InChI is InChI=1S/C31H36F3N5O3/c1-35-30(40)22-8-9-27(29(19-22)41-2)36-12-4-5-24-20-25-26(6-3-7-28(25)38(24)21-31(32,33)34)37-23-10-13-39(14-11-23)15-17-42-18-16-39/h3,6-9,19-20,23,37H,10-18,21H2,1-2H3,(H-,35,36,40)/p+1. The van der Waals surface area contributed by atoms with Crippen molar-refractivity contribution in [3.8, 4) is 17.6 Å². The normalized spacial score (nSPS) is 17.0. The van der Waals surface area contributed by atoms with Crippen LogP contribution in [-0.4, -0.2) is 87.3 Å². The predicted molar refractivity (Wildman–Crippen MR) is 157 cm³/mol. The van der Waals surface area contributed by atoms with Crippen molar-refractivity contribution in [1.29, 1.82) is 0 Å². The highest BCUT2D eigenvalue weighted by Gasteiger charge is 2.36. The molecule has 0 atom stereocenters. The van der Waals surface area contributed by atoms with Crippen molar-refractivity contribution in [3.05, 3.63) is 53.7 Å². The summed E-state index contributed by atoms with van der Waals surface area (Å²) < 4.78 is 54.2. The molecule has 2 aliphatic rings. The molecule has 5 rings (SSSR count). The zero-order chi connectivity index (χ0) is 29.7. The molecule has 0 saturated carbocycles. The Labute approximate surface area is 243 Å². The lowest BCUT2D eigenvalue weighted by Crippen LogP contribution is -2.59. The number of carbonyl (C=O) groups is 1. The molecule has 0 unspecified atom stereocenters. The number of anilines is 2. The minimum absolute atomic E-state index is 0.168. The Bertz CT molecular complexity index is 1470. The summed E-state index contributed by atoms with van der Waals surface area (Å²) in [4.78, 5) is 11.9. The molecule has 8 nitrogen and oxygen atoms in total. The number of piperidine rings is 1. The summed E-state index contributed by atoms with van der Waals surface area (Å²) in [5.41, 5.74) is 2.68. The van der Waals surface area contributed by atoms with E-state index in [2.05, 4.69) is 27.8 Å². The van der Waals surface area contributed by atoms with E-state index in [1.807, 2.05) is 6.07 Å². The van der Waals surface area contributed by atoms with Gasteiger partial charge in [0.1, 0.15) is 25.4 Å². The van der Waals surface area contributed by atoms with Crippen LogP contribution in [0.15, 0.2) is 42.5 Å². The molecule has 2 aliphatic heterocycles. The van der Waals surface area contributed by atoms with Gasteiger partial charge in [-0.2, -0.15) is 13.2 Å². The number of hydrogen-bond donors (Lipinski definition) is 3. The highest BCUT2D eigenvalue weighted by atomic mass is 19.4. The summed E-state index contributed by atoms with van der Waals surface area (Å²) >= 11 is 0. The number of methoxy groups -OCH3 is 1. The number of carbonyl (C=O) groups excluding carboxylic acids is 1. The first-order valence-corrected chi connectivity index (χ1v) is 14.2. The van der Waals surface area contributed by atoms with Gasteiger partial charge in [-0.05, 0) is 42.3 Å². The number of benzene rings is 2. The van der Waals surface area contributed by atoms with Crippen LogP contribution in [0.4, 0.5) is 24.5 Å².